The van der Waals surface area contributed by atoms with Crippen LogP contribution in [0.2, 0.25) is 0 Å². The highest BCUT2D eigenvalue weighted by Crippen LogP contribution is 2.35. The molecule has 0 spiro atoms. The zero-order valence-electron chi connectivity index (χ0n) is 22.0. The number of carbonyl (C=O) groups excluding carboxylic acids is 2. The zero-order valence-corrected chi connectivity index (χ0v) is 22.8. The highest BCUT2D eigenvalue weighted by Gasteiger charge is 2.39. The molecule has 1 aliphatic heterocycles. The first-order valence-electron chi connectivity index (χ1n) is 12.9. The quantitative estimate of drug-likeness (QED) is 0.228. The maximum atomic E-state index is 13.8. The molecule has 0 saturated carbocycles. The number of nitrogens with zero attached hydrogens (tertiary/aromatic N) is 4. The Labute approximate surface area is 242 Å². The van der Waals surface area contributed by atoms with Crippen LogP contribution >= 0.6 is 11.3 Å². The monoisotopic (exact) mass is 599 g/mol. The first-order chi connectivity index (χ1) is 20.2. The van der Waals surface area contributed by atoms with Crippen LogP contribution in [0.1, 0.15) is 20.4 Å². The molecule has 3 amide bonds. The van der Waals surface area contributed by atoms with Crippen molar-refractivity contribution in [2.24, 2.45) is 0 Å². The lowest BCUT2D eigenvalue weighted by Crippen LogP contribution is -2.50. The summed E-state index contributed by atoms with van der Waals surface area (Å²) in [6.07, 6.45) is -3.44. The van der Waals surface area contributed by atoms with Crippen molar-refractivity contribution in [3.63, 3.8) is 0 Å². The van der Waals surface area contributed by atoms with Crippen LogP contribution in [0.5, 0.6) is 0 Å². The number of thiazole rings is 1. The van der Waals surface area contributed by atoms with Gasteiger partial charge in [0.05, 0.1) is 24.1 Å². The minimum Gasteiger partial charge on any atom is -0.379 e. The maximum Gasteiger partial charge on any atom is 0.435 e. The van der Waals surface area contributed by atoms with Gasteiger partial charge in [-0.2, -0.15) is 13.2 Å². The minimum absolute atomic E-state index is 0.0271. The van der Waals surface area contributed by atoms with Gasteiger partial charge in [0, 0.05) is 31.9 Å². The Morgan fingerprint density at radius 3 is 2.26 bits per heavy atom. The second-order valence-corrected chi connectivity index (χ2v) is 10.3. The minimum atomic E-state index is -4.80. The van der Waals surface area contributed by atoms with Crippen molar-refractivity contribution in [1.29, 1.82) is 0 Å². The highest BCUT2D eigenvalue weighted by atomic mass is 32.1. The molecule has 0 radical (unpaired) electrons. The molecule has 9 nitrogen and oxygen atoms in total. The van der Waals surface area contributed by atoms with E-state index in [-0.39, 0.29) is 22.9 Å². The SMILES string of the molecule is O=C(Nc1ccc(N2CCN(C(=O)Nc3ccccc3F)CC2)nc1)c1sc(CNc2ccccc2)nc1C(F)(F)F. The van der Waals surface area contributed by atoms with E-state index >= 15 is 0 Å². The molecule has 1 saturated heterocycles. The number of hydrogen-bond acceptors (Lipinski definition) is 7. The molecule has 218 valence electrons. The van der Waals surface area contributed by atoms with Crippen molar-refractivity contribution in [3.05, 3.63) is 94.3 Å². The van der Waals surface area contributed by atoms with E-state index in [0.717, 1.165) is 0 Å². The van der Waals surface area contributed by atoms with E-state index in [2.05, 4.69) is 25.9 Å². The Kier molecular flexibility index (Phi) is 8.52. The first-order valence-corrected chi connectivity index (χ1v) is 13.7. The first kappa shape index (κ1) is 28.8. The van der Waals surface area contributed by atoms with Gasteiger partial charge in [-0.05, 0) is 36.4 Å². The van der Waals surface area contributed by atoms with Crippen molar-refractivity contribution in [2.45, 2.75) is 12.7 Å². The van der Waals surface area contributed by atoms with E-state index in [4.69, 9.17) is 0 Å². The smallest absolute Gasteiger partial charge is 0.379 e. The van der Waals surface area contributed by atoms with Crippen LogP contribution in [0.4, 0.5) is 45.2 Å². The molecule has 14 heteroatoms. The molecule has 2 aromatic carbocycles. The summed E-state index contributed by atoms with van der Waals surface area (Å²) in [6, 6.07) is 17.6. The molecule has 5 rings (SSSR count). The number of urea groups is 1. The number of aromatic nitrogens is 2. The second-order valence-electron chi connectivity index (χ2n) is 9.25. The summed E-state index contributed by atoms with van der Waals surface area (Å²) in [7, 11) is 0. The van der Waals surface area contributed by atoms with Crippen molar-refractivity contribution in [1.82, 2.24) is 14.9 Å². The van der Waals surface area contributed by atoms with E-state index in [9.17, 15) is 27.2 Å². The van der Waals surface area contributed by atoms with Crippen LogP contribution in [0, 0.1) is 5.82 Å². The largest absolute Gasteiger partial charge is 0.435 e. The summed E-state index contributed by atoms with van der Waals surface area (Å²) < 4.78 is 54.8. The fraction of sp³-hybridized carbons (Fsp3) is 0.214. The molecule has 0 unspecified atom stereocenters. The lowest BCUT2D eigenvalue weighted by atomic mass is 10.3. The van der Waals surface area contributed by atoms with Crippen LogP contribution in [-0.2, 0) is 12.7 Å². The van der Waals surface area contributed by atoms with Crippen LogP contribution in [0.3, 0.4) is 0 Å². The molecule has 0 bridgehead atoms. The number of carbonyl (C=O) groups is 2. The number of para-hydroxylation sites is 2. The van der Waals surface area contributed by atoms with Gasteiger partial charge in [-0.3, -0.25) is 4.79 Å². The number of halogens is 4. The fourth-order valence-electron chi connectivity index (χ4n) is 4.25. The highest BCUT2D eigenvalue weighted by molar-refractivity contribution is 7.14. The lowest BCUT2D eigenvalue weighted by Gasteiger charge is -2.35. The number of amides is 3. The number of benzene rings is 2. The topological polar surface area (TPSA) is 102 Å². The number of nitrogens with one attached hydrogen (secondary N) is 3. The van der Waals surface area contributed by atoms with Gasteiger partial charge in [-0.15, -0.1) is 11.3 Å². The Bertz CT molecular complexity index is 1540. The third-order valence-electron chi connectivity index (χ3n) is 6.38. The summed E-state index contributed by atoms with van der Waals surface area (Å²) in [5.74, 6) is -0.883. The summed E-state index contributed by atoms with van der Waals surface area (Å²) in [5, 5.41) is 8.15. The molecule has 4 aromatic rings. The predicted octanol–water partition coefficient (Wildman–Crippen LogP) is 5.91. The van der Waals surface area contributed by atoms with Crippen LogP contribution in [0.25, 0.3) is 0 Å². The number of piperazine rings is 1. The molecule has 0 atom stereocenters. The fourth-order valence-corrected chi connectivity index (χ4v) is 5.17. The third kappa shape index (κ3) is 6.94. The maximum absolute atomic E-state index is 13.8. The van der Waals surface area contributed by atoms with Gasteiger partial charge in [0.15, 0.2) is 5.69 Å². The normalized spacial score (nSPS) is 13.5. The van der Waals surface area contributed by atoms with E-state index in [1.54, 1.807) is 47.4 Å². The Morgan fingerprint density at radius 2 is 1.60 bits per heavy atom. The van der Waals surface area contributed by atoms with Gasteiger partial charge in [0.25, 0.3) is 5.91 Å². The van der Waals surface area contributed by atoms with Crippen molar-refractivity contribution >= 4 is 46.2 Å². The van der Waals surface area contributed by atoms with E-state index in [1.807, 2.05) is 11.0 Å². The van der Waals surface area contributed by atoms with Crippen molar-refractivity contribution in [2.75, 3.05) is 47.0 Å². The van der Waals surface area contributed by atoms with E-state index < -0.39 is 34.5 Å². The summed E-state index contributed by atoms with van der Waals surface area (Å²) in [4.78, 5) is 36.3. The van der Waals surface area contributed by atoms with Crippen molar-refractivity contribution in [3.8, 4) is 0 Å². The zero-order chi connectivity index (χ0) is 29.7. The summed E-state index contributed by atoms with van der Waals surface area (Å²) >= 11 is 0.670. The molecular formula is C28H25F4N7O2S. The predicted molar refractivity (Wildman–Crippen MR) is 152 cm³/mol. The molecule has 2 aromatic heterocycles. The molecule has 1 aliphatic rings. The number of pyridine rings is 1. The summed E-state index contributed by atoms with van der Waals surface area (Å²) in [5.41, 5.74) is -0.204. The van der Waals surface area contributed by atoms with Crippen LogP contribution < -0.4 is 20.9 Å². The van der Waals surface area contributed by atoms with Gasteiger partial charge in [-0.25, -0.2) is 19.2 Å². The standard InChI is InChI=1S/C28H25F4N7O2S/c29-20-8-4-5-9-21(20)36-27(41)39-14-12-38(13-15-39)22-11-10-19(16-34-22)35-26(40)24-25(28(30,31)32)37-23(42-24)17-33-18-6-2-1-3-7-18/h1-11,16,33H,12-15,17H2,(H,35,40)(H,36,41). The third-order valence-corrected chi connectivity index (χ3v) is 7.43. The Balaban J connectivity index is 1.18. The number of rotatable bonds is 7. The average Bonchev–Trinajstić information content (AvgIpc) is 3.44. The van der Waals surface area contributed by atoms with Gasteiger partial charge >= 0.3 is 12.2 Å². The van der Waals surface area contributed by atoms with Crippen molar-refractivity contribution < 1.29 is 27.2 Å². The molecular weight excluding hydrogens is 574 g/mol. The summed E-state index contributed by atoms with van der Waals surface area (Å²) in [6.45, 7) is 1.68. The molecule has 0 aliphatic carbocycles. The number of alkyl halides is 3. The average molecular weight is 600 g/mol. The Morgan fingerprint density at radius 1 is 0.881 bits per heavy atom. The lowest BCUT2D eigenvalue weighted by molar-refractivity contribution is -0.141. The molecule has 3 heterocycles. The van der Waals surface area contributed by atoms with E-state index in [1.165, 1.54) is 24.4 Å². The van der Waals surface area contributed by atoms with Crippen LogP contribution in [0.15, 0.2) is 72.9 Å². The number of anilines is 4. The molecule has 3 N–H and O–H groups in total. The Hall–Kier alpha value is -4.72. The number of hydrogen-bond donors (Lipinski definition) is 3. The van der Waals surface area contributed by atoms with Gasteiger partial charge in [-0.1, -0.05) is 30.3 Å². The van der Waals surface area contributed by atoms with E-state index in [0.29, 0.717) is 49.0 Å². The molecule has 1 fully saturated rings. The van der Waals surface area contributed by atoms with Gasteiger partial charge in [0.1, 0.15) is 21.5 Å². The van der Waals surface area contributed by atoms with Gasteiger partial charge in [0.2, 0.25) is 0 Å². The second kappa shape index (κ2) is 12.4. The van der Waals surface area contributed by atoms with Crippen LogP contribution in [-0.4, -0.2) is 53.0 Å². The van der Waals surface area contributed by atoms with Gasteiger partial charge < -0.3 is 25.8 Å². The molecule has 42 heavy (non-hydrogen) atoms.